The van der Waals surface area contributed by atoms with Gasteiger partial charge in [-0.05, 0) is 0 Å². The van der Waals surface area contributed by atoms with E-state index >= 15 is 0 Å². The number of rotatable bonds is 4. The molecular weight excluding hydrogens is 243 g/mol. The molecule has 10 heteroatoms. The molecule has 0 aliphatic carbocycles. The molecule has 0 bridgehead atoms. The van der Waals surface area contributed by atoms with E-state index in [4.69, 9.17) is 33.7 Å². The SMILES string of the molecule is O=C[C@@H](O)[C@H](O)[C@H](O)CO.O=S([O-])O.[Na+]. The Kier molecular flexibility index (Phi) is 17.6. The zero-order chi connectivity index (χ0) is 11.7. The minimum Gasteiger partial charge on any atom is -0.750 e. The Hall–Kier alpha value is 0.580. The summed E-state index contributed by atoms with van der Waals surface area (Å²) in [5.41, 5.74) is 0. The summed E-state index contributed by atoms with van der Waals surface area (Å²) in [6, 6.07) is 0. The van der Waals surface area contributed by atoms with Gasteiger partial charge in [0.15, 0.2) is 6.29 Å². The van der Waals surface area contributed by atoms with Crippen molar-refractivity contribution in [3.8, 4) is 0 Å². The van der Waals surface area contributed by atoms with Gasteiger partial charge >= 0.3 is 29.6 Å². The van der Waals surface area contributed by atoms with Crippen molar-refractivity contribution < 1.29 is 68.1 Å². The molecule has 4 atom stereocenters. The van der Waals surface area contributed by atoms with E-state index in [9.17, 15) is 4.79 Å². The fraction of sp³-hybridized carbons (Fsp3) is 0.800. The summed E-state index contributed by atoms with van der Waals surface area (Å²) in [5, 5.41) is 34.1. The van der Waals surface area contributed by atoms with Crippen LogP contribution in [0.15, 0.2) is 0 Å². The predicted molar refractivity (Wildman–Crippen MR) is 42.7 cm³/mol. The summed E-state index contributed by atoms with van der Waals surface area (Å²) in [6.07, 6.45) is -4.63. The molecule has 86 valence electrons. The van der Waals surface area contributed by atoms with Gasteiger partial charge in [0.1, 0.15) is 18.3 Å². The third kappa shape index (κ3) is 14.6. The molecule has 0 aromatic rings. The second-order valence-electron chi connectivity index (χ2n) is 2.08. The third-order valence-electron chi connectivity index (χ3n) is 1.07. The van der Waals surface area contributed by atoms with Gasteiger partial charge in [-0.25, -0.2) is 4.21 Å². The van der Waals surface area contributed by atoms with E-state index in [-0.39, 0.29) is 35.8 Å². The minimum atomic E-state index is -2.86. The average molecular weight is 254 g/mol. The molecule has 1 unspecified atom stereocenters. The Morgan fingerprint density at radius 1 is 1.33 bits per heavy atom. The molecule has 0 aliphatic heterocycles. The maximum atomic E-state index is 9.76. The van der Waals surface area contributed by atoms with Gasteiger partial charge in [0.2, 0.25) is 0 Å². The quantitative estimate of drug-likeness (QED) is 0.188. The normalized spacial score (nSPS) is 17.2. The molecule has 0 aromatic carbocycles. The van der Waals surface area contributed by atoms with Crippen LogP contribution in [0.25, 0.3) is 0 Å². The Morgan fingerprint density at radius 3 is 1.87 bits per heavy atom. The predicted octanol–water partition coefficient (Wildman–Crippen LogP) is -6.40. The molecule has 0 radical (unpaired) electrons. The number of aldehydes is 1. The van der Waals surface area contributed by atoms with E-state index in [1.807, 2.05) is 0 Å². The van der Waals surface area contributed by atoms with Gasteiger partial charge in [0.25, 0.3) is 0 Å². The van der Waals surface area contributed by atoms with Crippen LogP contribution in [0, 0.1) is 0 Å². The van der Waals surface area contributed by atoms with Crippen molar-refractivity contribution in [3.05, 3.63) is 0 Å². The summed E-state index contributed by atoms with van der Waals surface area (Å²) in [7, 11) is 0. The number of aliphatic hydroxyl groups is 4. The van der Waals surface area contributed by atoms with Crippen molar-refractivity contribution in [2.75, 3.05) is 6.61 Å². The Labute approximate surface area is 110 Å². The van der Waals surface area contributed by atoms with Crippen LogP contribution >= 0.6 is 0 Å². The first-order valence-electron chi connectivity index (χ1n) is 3.25. The zero-order valence-corrected chi connectivity index (χ0v) is 10.7. The minimum absolute atomic E-state index is 0. The van der Waals surface area contributed by atoms with Crippen molar-refractivity contribution in [2.24, 2.45) is 0 Å². The first kappa shape index (κ1) is 20.9. The molecule has 0 saturated heterocycles. The van der Waals surface area contributed by atoms with Gasteiger partial charge in [0, 0.05) is 0 Å². The van der Waals surface area contributed by atoms with E-state index in [0.29, 0.717) is 0 Å². The van der Waals surface area contributed by atoms with Crippen LogP contribution in [-0.4, -0.2) is 64.9 Å². The average Bonchev–Trinajstić information content (AvgIpc) is 2.13. The second kappa shape index (κ2) is 12.6. The van der Waals surface area contributed by atoms with E-state index in [2.05, 4.69) is 0 Å². The summed E-state index contributed by atoms with van der Waals surface area (Å²) >= 11 is -2.86. The largest absolute Gasteiger partial charge is 1.00 e. The van der Waals surface area contributed by atoms with Crippen LogP contribution < -0.4 is 29.6 Å². The van der Waals surface area contributed by atoms with E-state index in [1.54, 1.807) is 0 Å². The van der Waals surface area contributed by atoms with Gasteiger partial charge in [-0.15, -0.1) is 0 Å². The van der Waals surface area contributed by atoms with Gasteiger partial charge in [-0.2, -0.15) is 0 Å². The summed E-state index contributed by atoms with van der Waals surface area (Å²) in [6.45, 7) is -0.688. The molecule has 5 N–H and O–H groups in total. The van der Waals surface area contributed by atoms with Gasteiger partial charge in [-0.3, -0.25) is 0 Å². The summed E-state index contributed by atoms with van der Waals surface area (Å²) in [4.78, 5) is 9.76. The monoisotopic (exact) mass is 254 g/mol. The third-order valence-corrected chi connectivity index (χ3v) is 1.07. The Bertz CT molecular complexity index is 174. The number of carbonyl (C=O) groups excluding carboxylic acids is 1. The smallest absolute Gasteiger partial charge is 0.750 e. The van der Waals surface area contributed by atoms with E-state index in [1.165, 1.54) is 0 Å². The van der Waals surface area contributed by atoms with Crippen LogP contribution in [-0.2, 0) is 16.2 Å². The van der Waals surface area contributed by atoms with Crippen molar-refractivity contribution >= 4 is 17.6 Å². The van der Waals surface area contributed by atoms with Crippen molar-refractivity contribution in [1.29, 1.82) is 0 Å². The van der Waals surface area contributed by atoms with Crippen LogP contribution in [0.1, 0.15) is 0 Å². The molecule has 15 heavy (non-hydrogen) atoms. The van der Waals surface area contributed by atoms with E-state index in [0.717, 1.165) is 0 Å². The van der Waals surface area contributed by atoms with Crippen LogP contribution in [0.3, 0.4) is 0 Å². The number of hydrogen-bond donors (Lipinski definition) is 5. The first-order valence-corrected chi connectivity index (χ1v) is 4.28. The van der Waals surface area contributed by atoms with Crippen LogP contribution in [0.4, 0.5) is 0 Å². The Balaban J connectivity index is -0.000000249. The Morgan fingerprint density at radius 2 is 1.67 bits per heavy atom. The molecule has 0 spiro atoms. The number of aliphatic hydroxyl groups excluding tert-OH is 4. The molecule has 0 rings (SSSR count). The second-order valence-corrected chi connectivity index (χ2v) is 2.52. The van der Waals surface area contributed by atoms with Gasteiger partial charge < -0.3 is 34.3 Å². The molecular formula is C5H11NaO8S. The summed E-state index contributed by atoms with van der Waals surface area (Å²) < 4.78 is 24.1. The van der Waals surface area contributed by atoms with Crippen molar-refractivity contribution in [2.45, 2.75) is 18.3 Å². The summed E-state index contributed by atoms with van der Waals surface area (Å²) in [5.74, 6) is 0. The number of carbonyl (C=O) groups is 1. The van der Waals surface area contributed by atoms with Crippen molar-refractivity contribution in [3.63, 3.8) is 0 Å². The fourth-order valence-electron chi connectivity index (χ4n) is 0.416. The maximum absolute atomic E-state index is 9.76. The van der Waals surface area contributed by atoms with Gasteiger partial charge in [0.05, 0.1) is 18.0 Å². The molecule has 0 fully saturated rings. The van der Waals surface area contributed by atoms with Crippen LogP contribution in [0.2, 0.25) is 0 Å². The first-order chi connectivity index (χ1) is 6.36. The van der Waals surface area contributed by atoms with Crippen molar-refractivity contribution in [1.82, 2.24) is 0 Å². The molecule has 0 aromatic heterocycles. The molecule has 0 aliphatic rings. The molecule has 0 amide bonds. The van der Waals surface area contributed by atoms with E-state index < -0.39 is 36.3 Å². The number of hydrogen-bond acceptors (Lipinski definition) is 7. The standard InChI is InChI=1S/C5H10O5.Na.H2O3S/c6-1-3(8)5(10)4(9)2-7;;1-4(2)3/h1,3-5,7-10H,2H2;;(H2,1,2,3)/q;+1;/p-1/t3-,4-,5+;;/m1../s1. The maximum Gasteiger partial charge on any atom is 1.00 e. The van der Waals surface area contributed by atoms with Crippen LogP contribution in [0.5, 0.6) is 0 Å². The zero-order valence-electron chi connectivity index (χ0n) is 7.89. The topological polar surface area (TPSA) is 158 Å². The molecule has 0 saturated carbocycles. The molecule has 8 nitrogen and oxygen atoms in total. The van der Waals surface area contributed by atoms with Gasteiger partial charge in [-0.1, -0.05) is 0 Å². The fourth-order valence-corrected chi connectivity index (χ4v) is 0.416. The molecule has 0 heterocycles.